The Morgan fingerprint density at radius 3 is 2.88 bits per heavy atom. The summed E-state index contributed by atoms with van der Waals surface area (Å²) in [6.45, 7) is 0.764. The Balaban J connectivity index is 1.90. The van der Waals surface area contributed by atoms with E-state index in [0.29, 0.717) is 22.5 Å². The molecule has 24 heavy (non-hydrogen) atoms. The van der Waals surface area contributed by atoms with Gasteiger partial charge < -0.3 is 14.4 Å². The quantitative estimate of drug-likeness (QED) is 0.788. The van der Waals surface area contributed by atoms with E-state index in [9.17, 15) is 9.90 Å². The predicted octanol–water partition coefficient (Wildman–Crippen LogP) is 3.06. The number of hydrogen-bond acceptors (Lipinski definition) is 4. The van der Waals surface area contributed by atoms with Gasteiger partial charge in [0, 0.05) is 12.1 Å². The van der Waals surface area contributed by atoms with Crippen LogP contribution in [0.2, 0.25) is 0 Å². The highest BCUT2D eigenvalue weighted by Gasteiger charge is 2.21. The molecule has 5 heteroatoms. The Labute approximate surface area is 138 Å². The molecule has 2 aromatic carbocycles. The van der Waals surface area contributed by atoms with Gasteiger partial charge in [0.25, 0.3) is 5.56 Å². The molecule has 0 atom stereocenters. The lowest BCUT2D eigenvalue weighted by molar-refractivity contribution is 0.373. The SMILES string of the molecule is COc1cccc(C=C2CCn3c2nc(=O)c2ccccc23)c1O. The van der Waals surface area contributed by atoms with Crippen molar-refractivity contribution in [1.82, 2.24) is 9.55 Å². The van der Waals surface area contributed by atoms with Crippen molar-refractivity contribution in [2.24, 2.45) is 0 Å². The molecule has 0 spiro atoms. The number of allylic oxidation sites excluding steroid dienone is 1. The number of aromatic hydroxyl groups is 1. The molecule has 1 aliphatic heterocycles. The monoisotopic (exact) mass is 320 g/mol. The zero-order valence-corrected chi connectivity index (χ0v) is 13.2. The largest absolute Gasteiger partial charge is 0.504 e. The molecular formula is C19H16N2O3. The van der Waals surface area contributed by atoms with Crippen LogP contribution < -0.4 is 10.3 Å². The number of methoxy groups -OCH3 is 1. The number of hydrogen-bond donors (Lipinski definition) is 1. The van der Waals surface area contributed by atoms with Crippen LogP contribution in [0.25, 0.3) is 22.6 Å². The molecule has 0 saturated carbocycles. The molecule has 0 unspecified atom stereocenters. The minimum atomic E-state index is -0.223. The van der Waals surface area contributed by atoms with Crippen molar-refractivity contribution in [2.75, 3.05) is 7.11 Å². The molecule has 0 aliphatic carbocycles. The number of phenols is 1. The molecule has 1 N–H and O–H groups in total. The van der Waals surface area contributed by atoms with Gasteiger partial charge in [-0.1, -0.05) is 24.3 Å². The Morgan fingerprint density at radius 1 is 1.21 bits per heavy atom. The van der Waals surface area contributed by atoms with Crippen molar-refractivity contribution >= 4 is 22.6 Å². The molecule has 3 aromatic rings. The fourth-order valence-electron chi connectivity index (χ4n) is 3.18. The summed E-state index contributed by atoms with van der Waals surface area (Å²) in [4.78, 5) is 16.5. The number of rotatable bonds is 2. The van der Waals surface area contributed by atoms with Crippen molar-refractivity contribution in [1.29, 1.82) is 0 Å². The smallest absolute Gasteiger partial charge is 0.281 e. The molecule has 120 valence electrons. The van der Waals surface area contributed by atoms with Gasteiger partial charge in [-0.3, -0.25) is 4.79 Å². The predicted molar refractivity (Wildman–Crippen MR) is 93.1 cm³/mol. The number of fused-ring (bicyclic) bond motifs is 3. The molecule has 0 radical (unpaired) electrons. The van der Waals surface area contributed by atoms with Gasteiger partial charge in [-0.05, 0) is 36.3 Å². The number of aryl methyl sites for hydroxylation is 1. The van der Waals surface area contributed by atoms with Gasteiger partial charge in [0.1, 0.15) is 5.82 Å². The maximum Gasteiger partial charge on any atom is 0.281 e. The van der Waals surface area contributed by atoms with Crippen LogP contribution in [0.4, 0.5) is 0 Å². The van der Waals surface area contributed by atoms with Gasteiger partial charge in [0.15, 0.2) is 11.5 Å². The van der Waals surface area contributed by atoms with E-state index in [-0.39, 0.29) is 11.3 Å². The lowest BCUT2D eigenvalue weighted by Gasteiger charge is -2.08. The lowest BCUT2D eigenvalue weighted by atomic mass is 10.1. The zero-order valence-electron chi connectivity index (χ0n) is 13.2. The average Bonchev–Trinajstić information content (AvgIpc) is 3.00. The van der Waals surface area contributed by atoms with E-state index >= 15 is 0 Å². The zero-order chi connectivity index (χ0) is 16.7. The first-order chi connectivity index (χ1) is 11.7. The number of aromatic nitrogens is 2. The van der Waals surface area contributed by atoms with E-state index in [1.165, 1.54) is 7.11 Å². The van der Waals surface area contributed by atoms with Crippen molar-refractivity contribution < 1.29 is 9.84 Å². The van der Waals surface area contributed by atoms with E-state index in [1.54, 1.807) is 12.1 Å². The van der Waals surface area contributed by atoms with Gasteiger partial charge >= 0.3 is 0 Å². The summed E-state index contributed by atoms with van der Waals surface area (Å²) in [5.41, 5.74) is 2.26. The van der Waals surface area contributed by atoms with Gasteiger partial charge in [-0.25, -0.2) is 0 Å². The maximum atomic E-state index is 12.3. The summed E-state index contributed by atoms with van der Waals surface area (Å²) >= 11 is 0. The Bertz CT molecular complexity index is 1030. The van der Waals surface area contributed by atoms with Crippen LogP contribution in [0.15, 0.2) is 47.3 Å². The summed E-state index contributed by atoms with van der Waals surface area (Å²) in [5.74, 6) is 1.18. The molecule has 2 heterocycles. The third-order valence-electron chi connectivity index (χ3n) is 4.36. The molecule has 0 fully saturated rings. The number of phenolic OH excluding ortho intramolecular Hbond substituents is 1. The average molecular weight is 320 g/mol. The lowest BCUT2D eigenvalue weighted by Crippen LogP contribution is -2.14. The first-order valence-electron chi connectivity index (χ1n) is 7.75. The minimum Gasteiger partial charge on any atom is -0.504 e. The maximum absolute atomic E-state index is 12.3. The van der Waals surface area contributed by atoms with Crippen LogP contribution in [0.5, 0.6) is 11.5 Å². The molecule has 0 bridgehead atoms. The second-order valence-corrected chi connectivity index (χ2v) is 5.73. The standard InChI is InChI=1S/C19H16N2O3/c1-24-16-8-4-5-12(17(16)22)11-13-9-10-21-15-7-3-2-6-14(15)19(23)20-18(13)21/h2-8,11,22H,9-10H2,1H3. The van der Waals surface area contributed by atoms with Gasteiger partial charge in [0.2, 0.25) is 0 Å². The molecule has 0 saturated heterocycles. The van der Waals surface area contributed by atoms with E-state index in [2.05, 4.69) is 9.55 Å². The third-order valence-corrected chi connectivity index (χ3v) is 4.36. The molecule has 4 rings (SSSR count). The van der Waals surface area contributed by atoms with Crippen molar-refractivity contribution in [3.8, 4) is 11.5 Å². The van der Waals surface area contributed by atoms with Crippen LogP contribution in [0, 0.1) is 0 Å². The van der Waals surface area contributed by atoms with E-state index in [0.717, 1.165) is 24.1 Å². The second-order valence-electron chi connectivity index (χ2n) is 5.73. The molecule has 0 amide bonds. The summed E-state index contributed by atoms with van der Waals surface area (Å²) < 4.78 is 7.20. The molecule has 5 nitrogen and oxygen atoms in total. The number of para-hydroxylation sites is 2. The number of benzene rings is 2. The highest BCUT2D eigenvalue weighted by atomic mass is 16.5. The summed E-state index contributed by atoms with van der Waals surface area (Å²) in [6.07, 6.45) is 2.63. The third kappa shape index (κ3) is 2.17. The minimum absolute atomic E-state index is 0.0917. The Hall–Kier alpha value is -3.08. The highest BCUT2D eigenvalue weighted by molar-refractivity contribution is 5.86. The van der Waals surface area contributed by atoms with E-state index in [4.69, 9.17) is 4.74 Å². The van der Waals surface area contributed by atoms with Gasteiger partial charge in [0.05, 0.1) is 18.0 Å². The van der Waals surface area contributed by atoms with Crippen molar-refractivity contribution in [3.05, 3.63) is 64.2 Å². The van der Waals surface area contributed by atoms with Gasteiger partial charge in [-0.2, -0.15) is 4.98 Å². The van der Waals surface area contributed by atoms with Crippen LogP contribution in [0.3, 0.4) is 0 Å². The fraction of sp³-hybridized carbons (Fsp3) is 0.158. The molecule has 1 aromatic heterocycles. The van der Waals surface area contributed by atoms with Crippen molar-refractivity contribution in [2.45, 2.75) is 13.0 Å². The van der Waals surface area contributed by atoms with Crippen LogP contribution >= 0.6 is 0 Å². The van der Waals surface area contributed by atoms with Crippen LogP contribution in [-0.4, -0.2) is 21.8 Å². The topological polar surface area (TPSA) is 64.4 Å². The summed E-state index contributed by atoms with van der Waals surface area (Å²) in [6, 6.07) is 12.8. The highest BCUT2D eigenvalue weighted by Crippen LogP contribution is 2.35. The van der Waals surface area contributed by atoms with E-state index < -0.39 is 0 Å². The van der Waals surface area contributed by atoms with Gasteiger partial charge in [-0.15, -0.1) is 0 Å². The second kappa shape index (κ2) is 5.53. The van der Waals surface area contributed by atoms with Crippen molar-refractivity contribution in [3.63, 3.8) is 0 Å². The summed E-state index contributed by atoms with van der Waals surface area (Å²) in [7, 11) is 1.52. The fourth-order valence-corrected chi connectivity index (χ4v) is 3.18. The summed E-state index contributed by atoms with van der Waals surface area (Å²) in [5, 5.41) is 10.9. The normalized spacial score (nSPS) is 15.0. The van der Waals surface area contributed by atoms with Crippen LogP contribution in [0.1, 0.15) is 17.8 Å². The molecule has 1 aliphatic rings. The number of nitrogens with zero attached hydrogens (tertiary/aromatic N) is 2. The first-order valence-corrected chi connectivity index (χ1v) is 7.75. The molecular weight excluding hydrogens is 304 g/mol. The van der Waals surface area contributed by atoms with E-state index in [1.807, 2.05) is 36.4 Å². The Kier molecular flexibility index (Phi) is 3.34. The number of ether oxygens (including phenoxy) is 1. The Morgan fingerprint density at radius 2 is 2.04 bits per heavy atom. The van der Waals surface area contributed by atoms with Crippen LogP contribution in [-0.2, 0) is 6.54 Å². The first kappa shape index (κ1) is 14.5.